The first-order valence-corrected chi connectivity index (χ1v) is 7.31. The lowest BCUT2D eigenvalue weighted by molar-refractivity contribution is -0.145. The van der Waals surface area contributed by atoms with Gasteiger partial charge in [-0.3, -0.25) is 0 Å². The lowest BCUT2D eigenvalue weighted by Crippen LogP contribution is -2.18. The van der Waals surface area contributed by atoms with E-state index in [0.717, 1.165) is 17.4 Å². The Kier molecular flexibility index (Phi) is 3.72. The zero-order valence-corrected chi connectivity index (χ0v) is 11.5. The Morgan fingerprint density at radius 2 is 2.05 bits per heavy atom. The summed E-state index contributed by atoms with van der Waals surface area (Å²) >= 11 is 0. The first-order chi connectivity index (χ1) is 9.72. The highest BCUT2D eigenvalue weighted by molar-refractivity contribution is 5.97. The van der Waals surface area contributed by atoms with Crippen molar-refractivity contribution in [2.45, 2.75) is 32.1 Å². The van der Waals surface area contributed by atoms with Gasteiger partial charge in [0.05, 0.1) is 6.42 Å². The molecule has 1 aromatic carbocycles. The normalized spacial score (nSPS) is 28.6. The van der Waals surface area contributed by atoms with Crippen molar-refractivity contribution in [3.63, 3.8) is 0 Å². The van der Waals surface area contributed by atoms with E-state index < -0.39 is 0 Å². The van der Waals surface area contributed by atoms with E-state index >= 15 is 0 Å². The molecule has 0 saturated heterocycles. The third-order valence-corrected chi connectivity index (χ3v) is 4.63. The third kappa shape index (κ3) is 2.84. The number of hydrogen-bond donors (Lipinski definition) is 1. The van der Waals surface area contributed by atoms with Gasteiger partial charge in [0.25, 0.3) is 0 Å². The molecule has 0 aromatic heterocycles. The number of carbonyl (C=O) groups is 1. The molecule has 0 unspecified atom stereocenters. The highest BCUT2D eigenvalue weighted by Gasteiger charge is 2.40. The fraction of sp³-hybridized carbons (Fsp3) is 0.500. The second-order valence-corrected chi connectivity index (χ2v) is 5.94. The minimum Gasteiger partial charge on any atom is -0.380 e. The van der Waals surface area contributed by atoms with Gasteiger partial charge in [0.1, 0.15) is 0 Å². The van der Waals surface area contributed by atoms with E-state index in [2.05, 4.69) is 5.16 Å². The molecule has 0 heterocycles. The van der Waals surface area contributed by atoms with Gasteiger partial charge in [0, 0.05) is 5.56 Å². The monoisotopic (exact) mass is 272 g/mol. The minimum absolute atomic E-state index is 0.242. The molecule has 3 atom stereocenters. The molecule has 1 aromatic rings. The SMILES string of the molecule is N/C(=N/OC(=O)C[C@H]1C[C@@H]2CC[C@@H]1C2)c1ccccc1. The number of oxime groups is 1. The standard InChI is InChI=1S/C16H20N2O2/c17-16(12-4-2-1-3-5-12)18-20-15(19)10-14-9-11-6-7-13(14)8-11/h1-5,11,13-14H,6-10H2,(H2,17,18)/t11-,13-,14-/m1/s1. The highest BCUT2D eigenvalue weighted by Crippen LogP contribution is 2.49. The summed E-state index contributed by atoms with van der Waals surface area (Å²) in [5.74, 6) is 2.04. The summed E-state index contributed by atoms with van der Waals surface area (Å²) in [7, 11) is 0. The smallest absolute Gasteiger partial charge is 0.335 e. The summed E-state index contributed by atoms with van der Waals surface area (Å²) in [6, 6.07) is 9.31. The molecule has 2 fully saturated rings. The number of amidine groups is 1. The molecule has 2 aliphatic carbocycles. The summed E-state index contributed by atoms with van der Waals surface area (Å²) in [5, 5.41) is 3.74. The van der Waals surface area contributed by atoms with E-state index in [1.54, 1.807) is 0 Å². The van der Waals surface area contributed by atoms with Gasteiger partial charge < -0.3 is 10.6 Å². The van der Waals surface area contributed by atoms with Crippen LogP contribution in [0.1, 0.15) is 37.7 Å². The Balaban J connectivity index is 1.52. The summed E-state index contributed by atoms with van der Waals surface area (Å²) in [5.41, 5.74) is 6.55. The van der Waals surface area contributed by atoms with Crippen LogP contribution >= 0.6 is 0 Å². The zero-order valence-electron chi connectivity index (χ0n) is 11.5. The molecule has 0 radical (unpaired) electrons. The summed E-state index contributed by atoms with van der Waals surface area (Å²) < 4.78 is 0. The van der Waals surface area contributed by atoms with Gasteiger partial charge in [0.15, 0.2) is 5.84 Å². The van der Waals surface area contributed by atoms with Crippen LogP contribution in [0.2, 0.25) is 0 Å². The van der Waals surface area contributed by atoms with Crippen LogP contribution < -0.4 is 5.73 Å². The second-order valence-electron chi connectivity index (χ2n) is 5.94. The number of hydrogen-bond acceptors (Lipinski definition) is 3. The van der Waals surface area contributed by atoms with Crippen molar-refractivity contribution in [1.29, 1.82) is 0 Å². The predicted molar refractivity (Wildman–Crippen MR) is 76.8 cm³/mol. The fourth-order valence-electron chi connectivity index (χ4n) is 3.64. The summed E-state index contributed by atoms with van der Waals surface area (Å²) in [6.07, 6.45) is 5.57. The Labute approximate surface area is 119 Å². The maximum atomic E-state index is 11.8. The molecule has 0 spiro atoms. The van der Waals surface area contributed by atoms with Crippen molar-refractivity contribution in [2.75, 3.05) is 0 Å². The number of nitrogens with two attached hydrogens (primary N) is 1. The average Bonchev–Trinajstić information content (AvgIpc) is 3.08. The van der Waals surface area contributed by atoms with E-state index in [0.29, 0.717) is 12.3 Å². The van der Waals surface area contributed by atoms with E-state index in [9.17, 15) is 4.79 Å². The van der Waals surface area contributed by atoms with E-state index in [1.807, 2.05) is 30.3 Å². The van der Waals surface area contributed by atoms with E-state index in [1.165, 1.54) is 25.7 Å². The van der Waals surface area contributed by atoms with E-state index in [-0.39, 0.29) is 11.8 Å². The van der Waals surface area contributed by atoms with Crippen LogP contribution in [-0.4, -0.2) is 11.8 Å². The van der Waals surface area contributed by atoms with Gasteiger partial charge in [-0.25, -0.2) is 4.79 Å². The molecule has 4 nitrogen and oxygen atoms in total. The molecule has 2 bridgehead atoms. The minimum atomic E-state index is -0.263. The van der Waals surface area contributed by atoms with Crippen LogP contribution in [0.25, 0.3) is 0 Å². The fourth-order valence-corrected chi connectivity index (χ4v) is 3.64. The van der Waals surface area contributed by atoms with Crippen molar-refractivity contribution in [2.24, 2.45) is 28.6 Å². The molecule has 2 aliphatic rings. The Morgan fingerprint density at radius 3 is 2.70 bits per heavy atom. The van der Waals surface area contributed by atoms with Crippen molar-refractivity contribution in [1.82, 2.24) is 0 Å². The maximum Gasteiger partial charge on any atom is 0.335 e. The van der Waals surface area contributed by atoms with Crippen molar-refractivity contribution >= 4 is 11.8 Å². The van der Waals surface area contributed by atoms with Gasteiger partial charge >= 0.3 is 5.97 Å². The van der Waals surface area contributed by atoms with Gasteiger partial charge in [-0.2, -0.15) is 0 Å². The van der Waals surface area contributed by atoms with Crippen molar-refractivity contribution in [3.05, 3.63) is 35.9 Å². The number of rotatable bonds is 4. The van der Waals surface area contributed by atoms with Crippen molar-refractivity contribution < 1.29 is 9.63 Å². The quantitative estimate of drug-likeness (QED) is 0.396. The molecule has 106 valence electrons. The molecule has 20 heavy (non-hydrogen) atoms. The maximum absolute atomic E-state index is 11.8. The van der Waals surface area contributed by atoms with Gasteiger partial charge in [-0.1, -0.05) is 41.9 Å². The van der Waals surface area contributed by atoms with Gasteiger partial charge in [0.2, 0.25) is 0 Å². The first kappa shape index (κ1) is 13.2. The van der Waals surface area contributed by atoms with Crippen LogP contribution in [0.5, 0.6) is 0 Å². The largest absolute Gasteiger partial charge is 0.380 e. The highest BCUT2D eigenvalue weighted by atomic mass is 16.7. The van der Waals surface area contributed by atoms with E-state index in [4.69, 9.17) is 10.6 Å². The zero-order chi connectivity index (χ0) is 13.9. The topological polar surface area (TPSA) is 64.7 Å². The lowest BCUT2D eigenvalue weighted by atomic mass is 9.86. The third-order valence-electron chi connectivity index (χ3n) is 4.63. The van der Waals surface area contributed by atoms with Crippen LogP contribution in [0, 0.1) is 17.8 Å². The van der Waals surface area contributed by atoms with Crippen LogP contribution in [-0.2, 0) is 9.63 Å². The summed E-state index contributed by atoms with van der Waals surface area (Å²) in [6.45, 7) is 0. The van der Waals surface area contributed by atoms with Gasteiger partial charge in [-0.15, -0.1) is 0 Å². The van der Waals surface area contributed by atoms with Crippen molar-refractivity contribution in [3.8, 4) is 0 Å². The molecule has 4 heteroatoms. The Morgan fingerprint density at radius 1 is 1.25 bits per heavy atom. The number of fused-ring (bicyclic) bond motifs is 2. The Bertz CT molecular complexity index is 512. The first-order valence-electron chi connectivity index (χ1n) is 7.31. The molecule has 0 amide bonds. The number of carbonyl (C=O) groups excluding carboxylic acids is 1. The number of nitrogens with zero attached hydrogens (tertiary/aromatic N) is 1. The number of benzene rings is 1. The molecular formula is C16H20N2O2. The van der Waals surface area contributed by atoms with Gasteiger partial charge in [-0.05, 0) is 37.0 Å². The van der Waals surface area contributed by atoms with Crippen LogP contribution in [0.4, 0.5) is 0 Å². The predicted octanol–water partition coefficient (Wildman–Crippen LogP) is 2.68. The molecule has 3 rings (SSSR count). The molecular weight excluding hydrogens is 252 g/mol. The molecule has 2 saturated carbocycles. The molecule has 2 N–H and O–H groups in total. The molecule has 0 aliphatic heterocycles. The van der Waals surface area contributed by atoms with Crippen LogP contribution in [0.15, 0.2) is 35.5 Å². The average molecular weight is 272 g/mol. The summed E-state index contributed by atoms with van der Waals surface area (Å²) in [4.78, 5) is 16.8. The lowest BCUT2D eigenvalue weighted by Gasteiger charge is -2.19. The van der Waals surface area contributed by atoms with Crippen LogP contribution in [0.3, 0.4) is 0 Å². The second kappa shape index (κ2) is 5.65. The Hall–Kier alpha value is -1.84.